The van der Waals surface area contributed by atoms with Crippen molar-refractivity contribution < 1.29 is 13.9 Å². The molecule has 3 aromatic rings. The number of piperidine rings is 1. The maximum atomic E-state index is 14.0. The quantitative estimate of drug-likeness (QED) is 0.560. The summed E-state index contributed by atoms with van der Waals surface area (Å²) in [6.45, 7) is 3.43. The number of carbonyl (C=O) groups excluding carboxylic acids is 1. The van der Waals surface area contributed by atoms with Gasteiger partial charge in [-0.3, -0.25) is 9.59 Å². The molecule has 10 heteroatoms. The molecule has 2 aromatic heterocycles. The fraction of sp³-hybridized carbons (Fsp3) is 0.360. The molecule has 1 fully saturated rings. The first-order valence-corrected chi connectivity index (χ1v) is 11.6. The van der Waals surface area contributed by atoms with Crippen molar-refractivity contribution in [2.45, 2.75) is 32.0 Å². The van der Waals surface area contributed by atoms with Gasteiger partial charge in [-0.2, -0.15) is 5.26 Å². The zero-order valence-electron chi connectivity index (χ0n) is 19.1. The molecule has 2 aliphatic rings. The highest BCUT2D eigenvalue weighted by atomic mass is 19.1. The van der Waals surface area contributed by atoms with E-state index in [9.17, 15) is 19.2 Å². The number of likely N-dealkylation sites (tertiary alicyclic amines) is 1. The lowest BCUT2D eigenvalue weighted by atomic mass is 10.0. The van der Waals surface area contributed by atoms with Gasteiger partial charge in [0.2, 0.25) is 0 Å². The molecule has 35 heavy (non-hydrogen) atoms. The highest BCUT2D eigenvalue weighted by molar-refractivity contribution is 5.94. The van der Waals surface area contributed by atoms with Crippen LogP contribution in [0.5, 0.6) is 5.75 Å². The first-order valence-electron chi connectivity index (χ1n) is 11.6. The molecule has 4 heterocycles. The molecule has 0 bridgehead atoms. The van der Waals surface area contributed by atoms with Gasteiger partial charge in [-0.15, -0.1) is 0 Å². The number of carbonyl (C=O) groups is 1. The molecule has 1 aromatic carbocycles. The SMILES string of the molecule is N#Cc1cc(F)cc2c1ccc(=O)n2CCN1CCC(NCc2ccc3c(n2)NC(=O)CO3)CC1. The van der Waals surface area contributed by atoms with E-state index >= 15 is 0 Å². The predicted octanol–water partition coefficient (Wildman–Crippen LogP) is 1.99. The summed E-state index contributed by atoms with van der Waals surface area (Å²) < 4.78 is 20.9. The zero-order valence-corrected chi connectivity index (χ0v) is 19.1. The van der Waals surface area contributed by atoms with Gasteiger partial charge in [-0.05, 0) is 56.3 Å². The second kappa shape index (κ2) is 9.82. The van der Waals surface area contributed by atoms with Crippen molar-refractivity contribution in [1.82, 2.24) is 19.8 Å². The standard InChI is InChI=1S/C25H25FN6O3/c26-17-11-16(13-27)20-2-4-24(34)32(21(20)12-17)10-9-31-7-5-18(6-8-31)28-14-19-1-3-22-25(29-19)30-23(33)15-35-22/h1-4,11-12,18,28H,5-10,14-15H2,(H,29,30,33). The van der Waals surface area contributed by atoms with Crippen LogP contribution in [0.15, 0.2) is 41.2 Å². The Morgan fingerprint density at radius 1 is 1.17 bits per heavy atom. The number of hydrogen-bond donors (Lipinski definition) is 2. The molecular weight excluding hydrogens is 451 g/mol. The summed E-state index contributed by atoms with van der Waals surface area (Å²) in [6.07, 6.45) is 1.89. The number of nitrogens with one attached hydrogen (secondary N) is 2. The number of ether oxygens (including phenoxy) is 1. The van der Waals surface area contributed by atoms with E-state index in [0.29, 0.717) is 48.1 Å². The molecule has 2 aliphatic heterocycles. The van der Waals surface area contributed by atoms with E-state index in [0.717, 1.165) is 31.6 Å². The number of rotatable bonds is 6. The molecule has 0 aliphatic carbocycles. The topological polar surface area (TPSA) is 112 Å². The van der Waals surface area contributed by atoms with Crippen molar-refractivity contribution in [3.63, 3.8) is 0 Å². The van der Waals surface area contributed by atoms with Crippen molar-refractivity contribution in [2.24, 2.45) is 0 Å². The van der Waals surface area contributed by atoms with Crippen LogP contribution in [-0.4, -0.2) is 52.6 Å². The third-order valence-corrected chi connectivity index (χ3v) is 6.52. The summed E-state index contributed by atoms with van der Waals surface area (Å²) in [5.74, 6) is 0.312. The van der Waals surface area contributed by atoms with Crippen LogP contribution in [-0.2, 0) is 17.9 Å². The number of pyridine rings is 2. The normalized spacial score (nSPS) is 16.4. The third kappa shape index (κ3) is 5.01. The van der Waals surface area contributed by atoms with Crippen LogP contribution in [0.4, 0.5) is 10.2 Å². The lowest BCUT2D eigenvalue weighted by Gasteiger charge is -2.32. The largest absolute Gasteiger partial charge is 0.480 e. The fourth-order valence-electron chi connectivity index (χ4n) is 4.64. The van der Waals surface area contributed by atoms with E-state index in [1.54, 1.807) is 10.6 Å². The molecule has 2 N–H and O–H groups in total. The van der Waals surface area contributed by atoms with Crippen LogP contribution in [0.2, 0.25) is 0 Å². The van der Waals surface area contributed by atoms with E-state index in [4.69, 9.17) is 4.74 Å². The van der Waals surface area contributed by atoms with Crippen molar-refractivity contribution in [2.75, 3.05) is 31.6 Å². The van der Waals surface area contributed by atoms with Crippen molar-refractivity contribution in [3.05, 3.63) is 63.8 Å². The van der Waals surface area contributed by atoms with E-state index in [1.165, 1.54) is 18.2 Å². The van der Waals surface area contributed by atoms with Crippen molar-refractivity contribution >= 4 is 22.6 Å². The van der Waals surface area contributed by atoms with Crippen LogP contribution >= 0.6 is 0 Å². The van der Waals surface area contributed by atoms with Gasteiger partial charge < -0.3 is 24.8 Å². The van der Waals surface area contributed by atoms with Gasteiger partial charge in [-0.1, -0.05) is 0 Å². The zero-order chi connectivity index (χ0) is 24.4. The molecule has 1 amide bonds. The minimum atomic E-state index is -0.524. The molecule has 0 atom stereocenters. The highest BCUT2D eigenvalue weighted by Gasteiger charge is 2.21. The number of hydrogen-bond acceptors (Lipinski definition) is 7. The molecule has 9 nitrogen and oxygen atoms in total. The Morgan fingerprint density at radius 2 is 2.00 bits per heavy atom. The number of nitrogens with zero attached hydrogens (tertiary/aromatic N) is 4. The minimum Gasteiger partial charge on any atom is -0.480 e. The Labute approximate surface area is 201 Å². The summed E-state index contributed by atoms with van der Waals surface area (Å²) in [6, 6.07) is 11.6. The average molecular weight is 477 g/mol. The fourth-order valence-corrected chi connectivity index (χ4v) is 4.64. The summed E-state index contributed by atoms with van der Waals surface area (Å²) >= 11 is 0. The maximum Gasteiger partial charge on any atom is 0.263 e. The smallest absolute Gasteiger partial charge is 0.263 e. The number of benzene rings is 1. The predicted molar refractivity (Wildman–Crippen MR) is 128 cm³/mol. The third-order valence-electron chi connectivity index (χ3n) is 6.52. The molecule has 1 saturated heterocycles. The molecule has 5 rings (SSSR count). The Hall–Kier alpha value is -3.81. The van der Waals surface area contributed by atoms with Gasteiger partial charge in [0, 0.05) is 37.1 Å². The molecule has 0 unspecified atom stereocenters. The van der Waals surface area contributed by atoms with Gasteiger partial charge in [0.05, 0.1) is 22.8 Å². The molecule has 0 radical (unpaired) electrons. The Bertz CT molecular complexity index is 1370. The monoisotopic (exact) mass is 476 g/mol. The van der Waals surface area contributed by atoms with E-state index in [1.807, 2.05) is 18.2 Å². The van der Waals surface area contributed by atoms with Gasteiger partial charge in [0.15, 0.2) is 18.2 Å². The number of halogens is 1. The van der Waals surface area contributed by atoms with Crippen molar-refractivity contribution in [3.8, 4) is 11.8 Å². The minimum absolute atomic E-state index is 0.0117. The van der Waals surface area contributed by atoms with Crippen LogP contribution in [0.25, 0.3) is 10.9 Å². The number of fused-ring (bicyclic) bond motifs is 2. The molecule has 0 saturated carbocycles. The second-order valence-electron chi connectivity index (χ2n) is 8.80. The van der Waals surface area contributed by atoms with E-state index in [-0.39, 0.29) is 23.6 Å². The summed E-state index contributed by atoms with van der Waals surface area (Å²) in [5, 5.41) is 16.2. The van der Waals surface area contributed by atoms with E-state index in [2.05, 4.69) is 20.5 Å². The Morgan fingerprint density at radius 3 is 2.80 bits per heavy atom. The highest BCUT2D eigenvalue weighted by Crippen LogP contribution is 2.25. The van der Waals surface area contributed by atoms with Gasteiger partial charge in [0.1, 0.15) is 5.82 Å². The average Bonchev–Trinajstić information content (AvgIpc) is 2.86. The second-order valence-corrected chi connectivity index (χ2v) is 8.80. The number of anilines is 1. The Kier molecular flexibility index (Phi) is 6.44. The maximum absolute atomic E-state index is 14.0. The van der Waals surface area contributed by atoms with Crippen LogP contribution < -0.4 is 20.9 Å². The van der Waals surface area contributed by atoms with Gasteiger partial charge >= 0.3 is 0 Å². The van der Waals surface area contributed by atoms with Crippen LogP contribution in [0.3, 0.4) is 0 Å². The lowest BCUT2D eigenvalue weighted by molar-refractivity contribution is -0.118. The van der Waals surface area contributed by atoms with E-state index < -0.39 is 5.82 Å². The molecule has 180 valence electrons. The first-order chi connectivity index (χ1) is 17.0. The number of aromatic nitrogens is 2. The van der Waals surface area contributed by atoms with Crippen LogP contribution in [0, 0.1) is 17.1 Å². The van der Waals surface area contributed by atoms with Crippen molar-refractivity contribution in [1.29, 1.82) is 5.26 Å². The number of amides is 1. The summed E-state index contributed by atoms with van der Waals surface area (Å²) in [7, 11) is 0. The summed E-state index contributed by atoms with van der Waals surface area (Å²) in [5.41, 5.74) is 1.30. The summed E-state index contributed by atoms with van der Waals surface area (Å²) in [4.78, 5) is 30.7. The Balaban J connectivity index is 1.15. The molecule has 0 spiro atoms. The molecular formula is C25H25FN6O3. The van der Waals surface area contributed by atoms with Crippen LogP contribution in [0.1, 0.15) is 24.1 Å². The van der Waals surface area contributed by atoms with Gasteiger partial charge in [0.25, 0.3) is 11.5 Å². The first kappa shape index (κ1) is 23.0. The van der Waals surface area contributed by atoms with Gasteiger partial charge in [-0.25, -0.2) is 9.37 Å². The lowest BCUT2D eigenvalue weighted by Crippen LogP contribution is -2.43. The number of nitriles is 1.